The Balaban J connectivity index is 0. The highest BCUT2D eigenvalue weighted by Crippen LogP contribution is 2.44. The van der Waals surface area contributed by atoms with Crippen molar-refractivity contribution in [2.24, 2.45) is 0 Å². The molecule has 0 aliphatic carbocycles. The molecule has 0 saturated heterocycles. The molecule has 0 unspecified atom stereocenters. The number of aliphatic hydroxyl groups excluding tert-OH is 1. The first kappa shape index (κ1) is 24.2. The Morgan fingerprint density at radius 1 is 0.864 bits per heavy atom. The lowest BCUT2D eigenvalue weighted by molar-refractivity contribution is 0.285. The van der Waals surface area contributed by atoms with Gasteiger partial charge in [0.2, 0.25) is 0 Å². The van der Waals surface area contributed by atoms with E-state index in [9.17, 15) is 0 Å². The molecule has 0 spiro atoms. The summed E-state index contributed by atoms with van der Waals surface area (Å²) in [6, 6.07) is 0. The van der Waals surface area contributed by atoms with E-state index in [1.165, 1.54) is 0 Å². The van der Waals surface area contributed by atoms with E-state index in [0.717, 1.165) is 19.3 Å². The average molecular weight is 345 g/mol. The second-order valence-corrected chi connectivity index (χ2v) is 18.9. The van der Waals surface area contributed by atoms with Crippen LogP contribution in [-0.2, 0) is 4.12 Å². The number of rotatable bonds is 5. The van der Waals surface area contributed by atoms with Crippen molar-refractivity contribution in [2.45, 2.75) is 97.1 Å². The zero-order valence-electron chi connectivity index (χ0n) is 16.8. The van der Waals surface area contributed by atoms with Crippen LogP contribution < -0.4 is 0 Å². The molecule has 132 valence electrons. The molecule has 0 aromatic carbocycles. The summed E-state index contributed by atoms with van der Waals surface area (Å²) in [5, 5.41) is 8.87. The fourth-order valence-corrected chi connectivity index (χ4v) is 8.84. The van der Waals surface area contributed by atoms with Gasteiger partial charge < -0.3 is 9.22 Å². The molecule has 0 fully saturated rings. The fraction of sp³-hybridized carbons (Fsp3) is 0.889. The molecule has 0 saturated carbocycles. The fourth-order valence-electron chi connectivity index (χ4n) is 1.28. The molecule has 4 heteroatoms. The third-order valence-electron chi connectivity index (χ3n) is 4.85. The van der Waals surface area contributed by atoms with Crippen molar-refractivity contribution in [3.63, 3.8) is 0 Å². The van der Waals surface area contributed by atoms with Gasteiger partial charge in [-0.3, -0.25) is 0 Å². The lowest BCUT2D eigenvalue weighted by Gasteiger charge is -2.47. The van der Waals surface area contributed by atoms with Gasteiger partial charge >= 0.3 is 0 Å². The van der Waals surface area contributed by atoms with Gasteiger partial charge in [0.25, 0.3) is 0 Å². The van der Waals surface area contributed by atoms with E-state index in [-0.39, 0.29) is 6.61 Å². The first-order valence-electron chi connectivity index (χ1n) is 8.37. The molecular weight excluding hydrogens is 304 g/mol. The molecule has 0 aliphatic rings. The number of hydrogen-bond donors (Lipinski definition) is 1. The van der Waals surface area contributed by atoms with Gasteiger partial charge in [-0.25, -0.2) is 0 Å². The van der Waals surface area contributed by atoms with Crippen LogP contribution >= 0.6 is 0 Å². The van der Waals surface area contributed by atoms with Crippen LogP contribution in [0.1, 0.15) is 60.8 Å². The summed E-state index contributed by atoms with van der Waals surface area (Å²) < 4.78 is 6.63. The zero-order valence-corrected chi connectivity index (χ0v) is 18.8. The predicted octanol–water partition coefficient (Wildman–Crippen LogP) is 5.80. The second kappa shape index (κ2) is 9.27. The summed E-state index contributed by atoms with van der Waals surface area (Å²) >= 11 is 0. The first-order valence-corrected chi connectivity index (χ1v) is 14.2. The number of aliphatic hydroxyl groups is 1. The molecule has 0 atom stereocenters. The minimum absolute atomic E-state index is 0.266. The summed E-state index contributed by atoms with van der Waals surface area (Å²) in [5.74, 6) is 2.49. The van der Waals surface area contributed by atoms with Crippen LogP contribution in [0.4, 0.5) is 0 Å². The van der Waals surface area contributed by atoms with Gasteiger partial charge in [0.15, 0.2) is 16.6 Å². The SMILES string of the molecule is C#CCCCCO.CC(C)(C)[Si](C)(C)O[Si](C)(C)C(C)(C)C. The van der Waals surface area contributed by atoms with Crippen molar-refractivity contribution in [1.82, 2.24) is 0 Å². The van der Waals surface area contributed by atoms with Crippen LogP contribution in [-0.4, -0.2) is 28.3 Å². The summed E-state index contributed by atoms with van der Waals surface area (Å²) in [6.07, 6.45) is 7.52. The third-order valence-corrected chi connectivity index (χ3v) is 16.2. The van der Waals surface area contributed by atoms with E-state index in [1.807, 2.05) is 0 Å². The normalized spacial score (nSPS) is 13.2. The maximum Gasteiger partial charge on any atom is 0.178 e. The van der Waals surface area contributed by atoms with Gasteiger partial charge in [0, 0.05) is 13.0 Å². The lowest BCUT2D eigenvalue weighted by atomic mass is 10.2. The molecule has 0 aliphatic heterocycles. The van der Waals surface area contributed by atoms with Gasteiger partial charge in [0.1, 0.15) is 0 Å². The van der Waals surface area contributed by atoms with E-state index in [1.54, 1.807) is 0 Å². The minimum atomic E-state index is -1.59. The summed E-state index contributed by atoms with van der Waals surface area (Å²) in [6.45, 7) is 23.6. The zero-order chi connectivity index (χ0) is 18.2. The van der Waals surface area contributed by atoms with Crippen molar-refractivity contribution in [2.75, 3.05) is 6.61 Å². The Morgan fingerprint density at radius 3 is 1.45 bits per heavy atom. The summed E-state index contributed by atoms with van der Waals surface area (Å²) in [5.41, 5.74) is 0. The maximum atomic E-state index is 8.22. The monoisotopic (exact) mass is 344 g/mol. The molecule has 0 radical (unpaired) electrons. The Labute approximate surface area is 142 Å². The molecule has 0 heterocycles. The molecule has 0 aromatic rings. The largest absolute Gasteiger partial charge is 0.455 e. The third kappa shape index (κ3) is 9.14. The average Bonchev–Trinajstić information content (AvgIpc) is 2.26. The molecule has 0 rings (SSSR count). The van der Waals surface area contributed by atoms with Gasteiger partial charge in [-0.15, -0.1) is 12.3 Å². The van der Waals surface area contributed by atoms with Gasteiger partial charge in [0.05, 0.1) is 0 Å². The van der Waals surface area contributed by atoms with Crippen molar-refractivity contribution in [3.05, 3.63) is 0 Å². The Hall–Kier alpha value is -0.0862. The predicted molar refractivity (Wildman–Crippen MR) is 105 cm³/mol. The van der Waals surface area contributed by atoms with Crippen LogP contribution in [0.5, 0.6) is 0 Å². The Kier molecular flexibility index (Phi) is 10.2. The van der Waals surface area contributed by atoms with E-state index in [0.29, 0.717) is 10.1 Å². The van der Waals surface area contributed by atoms with Crippen LogP contribution in [0.3, 0.4) is 0 Å². The van der Waals surface area contributed by atoms with E-state index < -0.39 is 16.6 Å². The van der Waals surface area contributed by atoms with Crippen molar-refractivity contribution >= 4 is 16.6 Å². The molecule has 2 nitrogen and oxygen atoms in total. The Morgan fingerprint density at radius 2 is 1.23 bits per heavy atom. The topological polar surface area (TPSA) is 29.5 Å². The van der Waals surface area contributed by atoms with E-state index >= 15 is 0 Å². The number of terminal acetylenes is 1. The van der Waals surface area contributed by atoms with Crippen LogP contribution in [0.25, 0.3) is 0 Å². The molecule has 0 aromatic heterocycles. The molecule has 0 bridgehead atoms. The van der Waals surface area contributed by atoms with Crippen molar-refractivity contribution in [1.29, 1.82) is 0 Å². The highest BCUT2D eigenvalue weighted by atomic mass is 28.4. The lowest BCUT2D eigenvalue weighted by Crippen LogP contribution is -2.53. The summed E-state index contributed by atoms with van der Waals surface area (Å²) in [4.78, 5) is 0. The molecule has 0 amide bonds. The van der Waals surface area contributed by atoms with Gasteiger partial charge in [-0.1, -0.05) is 41.5 Å². The standard InChI is InChI=1S/C12H30OSi2.C6H10O/c1-11(2,3)14(7,8)13-15(9,10)12(4,5)6;1-2-3-4-5-6-7/h1-10H3;1,7H,3-6H2. The maximum absolute atomic E-state index is 8.22. The van der Waals surface area contributed by atoms with Gasteiger partial charge in [-0.05, 0) is 49.1 Å². The quantitative estimate of drug-likeness (QED) is 0.388. The van der Waals surface area contributed by atoms with Gasteiger partial charge in [-0.2, -0.15) is 0 Å². The molecular formula is C18H40O2Si2. The highest BCUT2D eigenvalue weighted by Gasteiger charge is 2.46. The summed E-state index contributed by atoms with van der Waals surface area (Å²) in [7, 11) is -3.18. The smallest absolute Gasteiger partial charge is 0.178 e. The number of hydrogen-bond acceptors (Lipinski definition) is 2. The van der Waals surface area contributed by atoms with E-state index in [4.69, 9.17) is 15.6 Å². The Bertz CT molecular complexity index is 318. The molecule has 1 N–H and O–H groups in total. The van der Waals surface area contributed by atoms with Crippen LogP contribution in [0.15, 0.2) is 0 Å². The second-order valence-electron chi connectivity index (χ2n) is 9.01. The van der Waals surface area contributed by atoms with E-state index in [2.05, 4.69) is 73.7 Å². The van der Waals surface area contributed by atoms with Crippen LogP contribution in [0.2, 0.25) is 36.3 Å². The minimum Gasteiger partial charge on any atom is -0.455 e. The van der Waals surface area contributed by atoms with Crippen molar-refractivity contribution < 1.29 is 9.22 Å². The van der Waals surface area contributed by atoms with Crippen LogP contribution in [0, 0.1) is 12.3 Å². The van der Waals surface area contributed by atoms with Crippen molar-refractivity contribution in [3.8, 4) is 12.3 Å². The molecule has 22 heavy (non-hydrogen) atoms. The first-order chi connectivity index (χ1) is 9.62. The number of unbranched alkanes of at least 4 members (excludes halogenated alkanes) is 2. The highest BCUT2D eigenvalue weighted by molar-refractivity contribution is 6.87.